The highest BCUT2D eigenvalue weighted by atomic mass is 31.2. The molecule has 2 N–H and O–H groups in total. The lowest BCUT2D eigenvalue weighted by Gasteiger charge is -2.04. The predicted octanol–water partition coefficient (Wildman–Crippen LogP) is 5.41. The Morgan fingerprint density at radius 2 is 0.950 bits per heavy atom. The van der Waals surface area contributed by atoms with Crippen LogP contribution in [0.3, 0.4) is 0 Å². The minimum Gasteiger partial charge on any atom is -0.324 e. The van der Waals surface area contributed by atoms with Crippen molar-refractivity contribution in [2.75, 3.05) is 6.16 Å². The smallest absolute Gasteiger partial charge is 0.324 e. The summed E-state index contributed by atoms with van der Waals surface area (Å²) in [5, 5.41) is 0. The van der Waals surface area contributed by atoms with E-state index in [4.69, 9.17) is 9.79 Å². The van der Waals surface area contributed by atoms with Crippen LogP contribution in [0.5, 0.6) is 0 Å². The van der Waals surface area contributed by atoms with Crippen LogP contribution in [0.15, 0.2) is 0 Å². The van der Waals surface area contributed by atoms with Gasteiger partial charge in [-0.05, 0) is 6.42 Å². The quantitative estimate of drug-likeness (QED) is 0.333. The van der Waals surface area contributed by atoms with E-state index in [0.717, 1.165) is 12.8 Å². The van der Waals surface area contributed by atoms with E-state index >= 15 is 0 Å². The normalized spacial score (nSPS) is 11.3. The summed E-state index contributed by atoms with van der Waals surface area (Å²) in [4.78, 5) is 17.4. The molecule has 20 heavy (non-hydrogen) atoms. The highest BCUT2D eigenvalue weighted by Gasteiger charge is 2.10. The lowest BCUT2D eigenvalue weighted by atomic mass is 10.1. The Labute approximate surface area is 124 Å². The first-order chi connectivity index (χ1) is 9.06. The van der Waals surface area contributed by atoms with E-state index in [0.29, 0.717) is 6.42 Å². The molecular formula is C15H34FO3P. The number of halogens is 1. The third kappa shape index (κ3) is 20.4. The van der Waals surface area contributed by atoms with Gasteiger partial charge in [0.2, 0.25) is 0 Å². The summed E-state index contributed by atoms with van der Waals surface area (Å²) in [6, 6.07) is 0. The molecule has 0 atom stereocenters. The van der Waals surface area contributed by atoms with Gasteiger partial charge in [0.05, 0.1) is 0 Å². The molecule has 124 valence electrons. The molecule has 0 spiro atoms. The first-order valence-electron chi connectivity index (χ1n) is 8.11. The number of hydrogen-bond donors (Lipinski definition) is 2. The van der Waals surface area contributed by atoms with Gasteiger partial charge < -0.3 is 9.79 Å². The van der Waals surface area contributed by atoms with Gasteiger partial charge in [0.25, 0.3) is 0 Å². The zero-order chi connectivity index (χ0) is 14.4. The fraction of sp³-hybridized carbons (Fsp3) is 1.00. The summed E-state index contributed by atoms with van der Waals surface area (Å²) >= 11 is 0. The molecule has 0 amide bonds. The van der Waals surface area contributed by atoms with Crippen molar-refractivity contribution in [3.8, 4) is 0 Å². The van der Waals surface area contributed by atoms with Gasteiger partial charge >= 0.3 is 7.60 Å². The van der Waals surface area contributed by atoms with Gasteiger partial charge in [0, 0.05) is 6.16 Å². The van der Waals surface area contributed by atoms with Crippen LogP contribution >= 0.6 is 7.60 Å². The molecule has 0 unspecified atom stereocenters. The molecule has 0 aliphatic heterocycles. The van der Waals surface area contributed by atoms with E-state index in [1.165, 1.54) is 64.2 Å². The Morgan fingerprint density at radius 1 is 0.650 bits per heavy atom. The summed E-state index contributed by atoms with van der Waals surface area (Å²) in [5.74, 6) is 0. The summed E-state index contributed by atoms with van der Waals surface area (Å²) in [6.07, 6.45) is 16.3. The van der Waals surface area contributed by atoms with Crippen molar-refractivity contribution >= 4 is 7.60 Å². The van der Waals surface area contributed by atoms with Crippen molar-refractivity contribution in [1.82, 2.24) is 0 Å². The van der Waals surface area contributed by atoms with Gasteiger partial charge in [0.15, 0.2) is 0 Å². The Balaban J connectivity index is 0. The van der Waals surface area contributed by atoms with Crippen LogP contribution in [0.2, 0.25) is 0 Å². The highest BCUT2D eigenvalue weighted by Crippen LogP contribution is 2.35. The lowest BCUT2D eigenvalue weighted by Crippen LogP contribution is -1.88. The van der Waals surface area contributed by atoms with Crippen LogP contribution in [0.1, 0.15) is 90.4 Å². The molecule has 0 radical (unpaired) electrons. The van der Waals surface area contributed by atoms with Crippen LogP contribution in [0, 0.1) is 0 Å². The molecule has 0 rings (SSSR count). The fourth-order valence-corrected chi connectivity index (χ4v) is 2.97. The van der Waals surface area contributed by atoms with Crippen molar-refractivity contribution in [2.24, 2.45) is 0 Å². The maximum Gasteiger partial charge on any atom is 0.325 e. The number of rotatable bonds is 14. The molecule has 0 fully saturated rings. The van der Waals surface area contributed by atoms with E-state index in [-0.39, 0.29) is 10.9 Å². The first-order valence-corrected chi connectivity index (χ1v) is 9.90. The Morgan fingerprint density at radius 3 is 1.25 bits per heavy atom. The second-order valence-corrected chi connectivity index (χ2v) is 7.41. The van der Waals surface area contributed by atoms with Crippen LogP contribution in [0.25, 0.3) is 0 Å². The summed E-state index contributed by atoms with van der Waals surface area (Å²) in [7, 11) is -3.75. The molecule has 0 aliphatic rings. The number of unbranched alkanes of at least 4 members (excludes halogenated alkanes) is 12. The van der Waals surface area contributed by atoms with Gasteiger partial charge in [-0.2, -0.15) is 0 Å². The monoisotopic (exact) mass is 312 g/mol. The summed E-state index contributed by atoms with van der Waals surface area (Å²) < 4.78 is 10.6. The van der Waals surface area contributed by atoms with Crippen LogP contribution in [-0.4, -0.2) is 15.9 Å². The summed E-state index contributed by atoms with van der Waals surface area (Å²) in [6.45, 7) is 2.25. The second-order valence-electron chi connectivity index (χ2n) is 5.63. The zero-order valence-corrected chi connectivity index (χ0v) is 14.0. The molecule has 0 saturated carbocycles. The van der Waals surface area contributed by atoms with E-state index in [1.54, 1.807) is 0 Å². The van der Waals surface area contributed by atoms with Gasteiger partial charge in [-0.25, -0.2) is 0 Å². The second kappa shape index (κ2) is 15.5. The minimum atomic E-state index is -3.75. The predicted molar refractivity (Wildman–Crippen MR) is 85.1 cm³/mol. The third-order valence-corrected chi connectivity index (χ3v) is 4.45. The van der Waals surface area contributed by atoms with E-state index in [2.05, 4.69) is 6.92 Å². The third-order valence-electron chi connectivity index (χ3n) is 3.55. The Bertz CT molecular complexity index is 231. The molecular weight excluding hydrogens is 278 g/mol. The van der Waals surface area contributed by atoms with Gasteiger partial charge in [0.1, 0.15) is 0 Å². The molecule has 0 heterocycles. The topological polar surface area (TPSA) is 57.5 Å². The molecule has 0 bridgehead atoms. The molecule has 0 aliphatic carbocycles. The summed E-state index contributed by atoms with van der Waals surface area (Å²) in [5.41, 5.74) is 0. The average Bonchev–Trinajstić information content (AvgIpc) is 2.34. The molecule has 0 aromatic rings. The van der Waals surface area contributed by atoms with Crippen LogP contribution < -0.4 is 0 Å². The van der Waals surface area contributed by atoms with Crippen molar-refractivity contribution < 1.29 is 19.1 Å². The molecule has 0 saturated heterocycles. The zero-order valence-electron chi connectivity index (χ0n) is 13.1. The van der Waals surface area contributed by atoms with Gasteiger partial charge in [-0.15, -0.1) is 0 Å². The molecule has 0 aromatic carbocycles. The first kappa shape index (κ1) is 22.4. The Kier molecular flexibility index (Phi) is 17.3. The van der Waals surface area contributed by atoms with Crippen molar-refractivity contribution in [2.45, 2.75) is 90.4 Å². The van der Waals surface area contributed by atoms with E-state index in [1.807, 2.05) is 0 Å². The van der Waals surface area contributed by atoms with Crippen LogP contribution in [-0.2, 0) is 4.57 Å². The van der Waals surface area contributed by atoms with Gasteiger partial charge in [-0.3, -0.25) is 9.27 Å². The average molecular weight is 312 g/mol. The number of hydrogen-bond acceptors (Lipinski definition) is 1. The fourth-order valence-electron chi connectivity index (χ4n) is 2.34. The highest BCUT2D eigenvalue weighted by molar-refractivity contribution is 7.51. The maximum atomic E-state index is 10.6. The van der Waals surface area contributed by atoms with E-state index in [9.17, 15) is 4.57 Å². The minimum absolute atomic E-state index is 0. The Hall–Kier alpha value is 0.0800. The van der Waals surface area contributed by atoms with Crippen LogP contribution in [0.4, 0.5) is 4.70 Å². The largest absolute Gasteiger partial charge is 0.325 e. The van der Waals surface area contributed by atoms with E-state index < -0.39 is 7.60 Å². The SMILES string of the molecule is CCCCCCCCCCCCCCCP(=O)(O)O.F. The maximum absolute atomic E-state index is 10.6. The molecule has 0 aromatic heterocycles. The molecule has 5 heteroatoms. The van der Waals surface area contributed by atoms with Gasteiger partial charge in [-0.1, -0.05) is 84.0 Å². The lowest BCUT2D eigenvalue weighted by molar-refractivity contribution is 0.370. The van der Waals surface area contributed by atoms with Crippen molar-refractivity contribution in [3.05, 3.63) is 0 Å². The van der Waals surface area contributed by atoms with Crippen molar-refractivity contribution in [1.29, 1.82) is 0 Å². The van der Waals surface area contributed by atoms with Crippen molar-refractivity contribution in [3.63, 3.8) is 0 Å². The molecule has 3 nitrogen and oxygen atoms in total. The standard InChI is InChI=1S/C15H33O3P.FH/c1-2-3-4-5-6-7-8-9-10-11-12-13-14-15-19(16,17)18;/h2-15H2,1H3,(H2,16,17,18);1H.